The summed E-state index contributed by atoms with van der Waals surface area (Å²) in [5, 5.41) is 0. The molecule has 2 aromatic rings. The minimum atomic E-state index is -3.76. The molecule has 8 heteroatoms. The van der Waals surface area contributed by atoms with Gasteiger partial charge in [0, 0.05) is 5.56 Å². The Balaban J connectivity index is 2.09. The summed E-state index contributed by atoms with van der Waals surface area (Å²) in [6, 6.07) is 8.27. The van der Waals surface area contributed by atoms with Crippen LogP contribution in [-0.4, -0.2) is 53.7 Å². The van der Waals surface area contributed by atoms with Crippen molar-refractivity contribution < 1.29 is 27.4 Å². The van der Waals surface area contributed by atoms with Gasteiger partial charge in [-0.3, -0.25) is 0 Å². The maximum atomic E-state index is 12.9. The third kappa shape index (κ3) is 6.25. The lowest BCUT2D eigenvalue weighted by molar-refractivity contribution is 0.152. The van der Waals surface area contributed by atoms with Crippen LogP contribution in [0.5, 0.6) is 17.2 Å². The standard InChI is InChI=1S/C26H27NO6S/c1-7-15-27(34(28,29)22-13-11-20(3)12-14-22)16-9-10-17-33-19-21-18-24(30-4)26(32-6)25(31-5)23(21)8-2/h1-2,11-14,18H,15-17,19H2,3-6H3. The fourth-order valence-electron chi connectivity index (χ4n) is 3.07. The highest BCUT2D eigenvalue weighted by molar-refractivity contribution is 7.89. The molecule has 0 aliphatic carbocycles. The molecule has 34 heavy (non-hydrogen) atoms. The lowest BCUT2D eigenvalue weighted by Crippen LogP contribution is -2.32. The molecular formula is C26H27NO6S. The van der Waals surface area contributed by atoms with Gasteiger partial charge in [0.1, 0.15) is 6.61 Å². The molecule has 0 aromatic heterocycles. The molecule has 7 nitrogen and oxygen atoms in total. The van der Waals surface area contributed by atoms with Crippen LogP contribution < -0.4 is 14.2 Å². The van der Waals surface area contributed by atoms with Crippen molar-refractivity contribution in [2.75, 3.05) is 41.0 Å². The maximum Gasteiger partial charge on any atom is 0.244 e. The average molecular weight is 482 g/mol. The molecule has 0 radical (unpaired) electrons. The summed E-state index contributed by atoms with van der Waals surface area (Å²) in [5.41, 5.74) is 2.10. The first-order chi connectivity index (χ1) is 16.3. The molecule has 0 saturated heterocycles. The van der Waals surface area contributed by atoms with E-state index >= 15 is 0 Å². The topological polar surface area (TPSA) is 74.3 Å². The summed E-state index contributed by atoms with van der Waals surface area (Å²) in [6.07, 6.45) is 11.0. The first kappa shape index (κ1) is 26.6. The van der Waals surface area contributed by atoms with E-state index < -0.39 is 10.0 Å². The monoisotopic (exact) mass is 481 g/mol. The maximum absolute atomic E-state index is 12.9. The van der Waals surface area contributed by atoms with E-state index in [0.29, 0.717) is 28.4 Å². The number of ether oxygens (including phenoxy) is 4. The van der Waals surface area contributed by atoms with Gasteiger partial charge in [-0.15, -0.1) is 12.8 Å². The van der Waals surface area contributed by atoms with E-state index in [1.807, 2.05) is 6.92 Å². The quantitative estimate of drug-likeness (QED) is 0.384. The Labute approximate surface area is 202 Å². The molecule has 0 saturated carbocycles. The van der Waals surface area contributed by atoms with Gasteiger partial charge in [-0.25, -0.2) is 8.42 Å². The van der Waals surface area contributed by atoms with Gasteiger partial charge in [0.25, 0.3) is 0 Å². The van der Waals surface area contributed by atoms with Gasteiger partial charge >= 0.3 is 0 Å². The number of methoxy groups -OCH3 is 3. The van der Waals surface area contributed by atoms with Gasteiger partial charge in [0.05, 0.1) is 51.5 Å². The van der Waals surface area contributed by atoms with Crippen LogP contribution in [0.3, 0.4) is 0 Å². The predicted molar refractivity (Wildman–Crippen MR) is 130 cm³/mol. The highest BCUT2D eigenvalue weighted by Gasteiger charge is 2.23. The second kappa shape index (κ2) is 12.6. The molecule has 0 spiro atoms. The third-order valence-corrected chi connectivity index (χ3v) is 6.60. The molecule has 0 amide bonds. The Morgan fingerprint density at radius 3 is 2.18 bits per heavy atom. The van der Waals surface area contributed by atoms with Crippen molar-refractivity contribution in [1.82, 2.24) is 4.31 Å². The van der Waals surface area contributed by atoms with Crippen LogP contribution in [0.15, 0.2) is 35.2 Å². The number of hydrogen-bond donors (Lipinski definition) is 0. The molecule has 0 aliphatic heterocycles. The van der Waals surface area contributed by atoms with E-state index in [1.54, 1.807) is 30.3 Å². The number of terminal acetylenes is 2. The van der Waals surface area contributed by atoms with Crippen LogP contribution in [0.25, 0.3) is 0 Å². The van der Waals surface area contributed by atoms with Crippen LogP contribution in [0.1, 0.15) is 16.7 Å². The van der Waals surface area contributed by atoms with Crippen molar-refractivity contribution in [2.24, 2.45) is 0 Å². The van der Waals surface area contributed by atoms with Gasteiger partial charge in [-0.2, -0.15) is 4.31 Å². The van der Waals surface area contributed by atoms with Crippen molar-refractivity contribution in [3.63, 3.8) is 0 Å². The van der Waals surface area contributed by atoms with E-state index in [-0.39, 0.29) is 31.2 Å². The molecule has 2 rings (SSSR count). The Morgan fingerprint density at radius 2 is 1.62 bits per heavy atom. The van der Waals surface area contributed by atoms with E-state index in [2.05, 4.69) is 23.7 Å². The minimum Gasteiger partial charge on any atom is -0.493 e. The predicted octanol–water partition coefficient (Wildman–Crippen LogP) is 2.85. The Hall–Kier alpha value is -3.61. The highest BCUT2D eigenvalue weighted by atomic mass is 32.2. The molecule has 0 fully saturated rings. The number of sulfonamides is 1. The van der Waals surface area contributed by atoms with Crippen LogP contribution >= 0.6 is 0 Å². The molecule has 0 heterocycles. The van der Waals surface area contributed by atoms with Crippen molar-refractivity contribution in [1.29, 1.82) is 0 Å². The van der Waals surface area contributed by atoms with Gasteiger partial charge in [-0.05, 0) is 25.1 Å². The summed E-state index contributed by atoms with van der Waals surface area (Å²) in [6.45, 7) is 1.91. The van der Waals surface area contributed by atoms with Crippen molar-refractivity contribution in [3.05, 3.63) is 47.0 Å². The normalized spacial score (nSPS) is 10.6. The number of rotatable bonds is 10. The Bertz CT molecular complexity index is 1240. The lowest BCUT2D eigenvalue weighted by Gasteiger charge is -2.17. The SMILES string of the molecule is C#CCN(CC#CCOCc1cc(OC)c(OC)c(OC)c1C#C)S(=O)(=O)c1ccc(C)cc1. The second-order valence-corrected chi connectivity index (χ2v) is 8.90. The largest absolute Gasteiger partial charge is 0.493 e. The molecule has 178 valence electrons. The first-order valence-electron chi connectivity index (χ1n) is 10.2. The molecule has 0 unspecified atom stereocenters. The van der Waals surface area contributed by atoms with Crippen molar-refractivity contribution in [3.8, 4) is 53.8 Å². The number of aryl methyl sites for hydroxylation is 1. The van der Waals surface area contributed by atoms with E-state index in [0.717, 1.165) is 9.87 Å². The molecule has 2 aromatic carbocycles. The zero-order valence-electron chi connectivity index (χ0n) is 19.7. The zero-order chi connectivity index (χ0) is 25.1. The van der Waals surface area contributed by atoms with E-state index in [1.165, 1.54) is 21.3 Å². The summed E-state index contributed by atoms with van der Waals surface area (Å²) in [5.74, 6) is 11.8. The Morgan fingerprint density at radius 1 is 0.941 bits per heavy atom. The van der Waals surface area contributed by atoms with Crippen LogP contribution in [0.4, 0.5) is 0 Å². The molecule has 0 bridgehead atoms. The summed E-state index contributed by atoms with van der Waals surface area (Å²) >= 11 is 0. The lowest BCUT2D eigenvalue weighted by atomic mass is 10.1. The summed E-state index contributed by atoms with van der Waals surface area (Å²) < 4.78 is 48.6. The Kier molecular flexibility index (Phi) is 9.86. The summed E-state index contributed by atoms with van der Waals surface area (Å²) in [7, 11) is 0.730. The second-order valence-electron chi connectivity index (χ2n) is 6.96. The third-order valence-electron chi connectivity index (χ3n) is 4.79. The van der Waals surface area contributed by atoms with Crippen molar-refractivity contribution in [2.45, 2.75) is 18.4 Å². The fourth-order valence-corrected chi connectivity index (χ4v) is 4.33. The first-order valence-corrected chi connectivity index (χ1v) is 11.6. The number of benzene rings is 2. The van der Waals surface area contributed by atoms with E-state index in [9.17, 15) is 8.42 Å². The average Bonchev–Trinajstić information content (AvgIpc) is 2.84. The van der Waals surface area contributed by atoms with Gasteiger partial charge in [-0.1, -0.05) is 41.4 Å². The molecule has 0 atom stereocenters. The summed E-state index contributed by atoms with van der Waals surface area (Å²) in [4.78, 5) is 0.163. The van der Waals surface area contributed by atoms with Gasteiger partial charge in [0.2, 0.25) is 15.8 Å². The van der Waals surface area contributed by atoms with Crippen LogP contribution in [-0.2, 0) is 21.4 Å². The van der Waals surface area contributed by atoms with Gasteiger partial charge < -0.3 is 18.9 Å². The highest BCUT2D eigenvalue weighted by Crippen LogP contribution is 2.41. The van der Waals surface area contributed by atoms with E-state index in [4.69, 9.17) is 31.8 Å². The fraction of sp³-hybridized carbons (Fsp3) is 0.308. The van der Waals surface area contributed by atoms with Gasteiger partial charge in [0.15, 0.2) is 11.5 Å². The smallest absolute Gasteiger partial charge is 0.244 e. The number of hydrogen-bond acceptors (Lipinski definition) is 6. The van der Waals surface area contributed by atoms with Crippen LogP contribution in [0, 0.1) is 43.5 Å². The molecule has 0 aliphatic rings. The van der Waals surface area contributed by atoms with Crippen molar-refractivity contribution >= 4 is 10.0 Å². The molecule has 0 N–H and O–H groups in total. The minimum absolute atomic E-state index is 0.0507. The number of nitrogens with zero attached hydrogens (tertiary/aromatic N) is 1. The van der Waals surface area contributed by atoms with Crippen LogP contribution in [0.2, 0.25) is 0 Å². The molecular weight excluding hydrogens is 454 g/mol. The zero-order valence-corrected chi connectivity index (χ0v) is 20.5.